The van der Waals surface area contributed by atoms with E-state index in [1.807, 2.05) is 37.2 Å². The third-order valence-corrected chi connectivity index (χ3v) is 4.79. The van der Waals surface area contributed by atoms with E-state index in [4.69, 9.17) is 0 Å². The molecule has 2 heterocycles. The average Bonchev–Trinajstić information content (AvgIpc) is 3.24. The van der Waals surface area contributed by atoms with Crippen molar-refractivity contribution in [2.45, 2.75) is 6.54 Å². The number of hydrogen-bond donors (Lipinski definition) is 4. The summed E-state index contributed by atoms with van der Waals surface area (Å²) in [7, 11) is 3.74. The second-order valence-corrected chi connectivity index (χ2v) is 7.16. The third kappa shape index (κ3) is 5.06. The van der Waals surface area contributed by atoms with E-state index in [9.17, 15) is 8.78 Å². The van der Waals surface area contributed by atoms with E-state index in [-0.39, 0.29) is 12.5 Å². The molecule has 0 saturated heterocycles. The molecule has 166 valence electrons. The molecule has 0 bridgehead atoms. The van der Waals surface area contributed by atoms with Gasteiger partial charge in [0.2, 0.25) is 17.8 Å². The lowest BCUT2D eigenvalue weighted by atomic mass is 10.2. The van der Waals surface area contributed by atoms with Crippen molar-refractivity contribution in [2.24, 2.45) is 0 Å². The summed E-state index contributed by atoms with van der Waals surface area (Å²) in [5.41, 5.74) is 2.80. The van der Waals surface area contributed by atoms with Gasteiger partial charge in [-0.15, -0.1) is 0 Å². The molecule has 0 fully saturated rings. The molecule has 32 heavy (non-hydrogen) atoms. The van der Waals surface area contributed by atoms with Crippen molar-refractivity contribution in [3.05, 3.63) is 59.9 Å². The van der Waals surface area contributed by atoms with Crippen LogP contribution in [0, 0.1) is 11.6 Å². The highest BCUT2D eigenvalue weighted by molar-refractivity contribution is 5.79. The number of halogens is 2. The van der Waals surface area contributed by atoms with Gasteiger partial charge < -0.3 is 25.8 Å². The van der Waals surface area contributed by atoms with Crippen molar-refractivity contribution in [1.82, 2.24) is 30.2 Å². The summed E-state index contributed by atoms with van der Waals surface area (Å²) in [5, 5.41) is 9.26. The molecule has 0 radical (unpaired) electrons. The van der Waals surface area contributed by atoms with Gasteiger partial charge in [0.25, 0.3) is 0 Å². The second-order valence-electron chi connectivity index (χ2n) is 7.16. The average molecular weight is 439 g/mol. The van der Waals surface area contributed by atoms with Gasteiger partial charge in [-0.1, -0.05) is 6.07 Å². The van der Waals surface area contributed by atoms with Gasteiger partial charge in [-0.05, 0) is 31.3 Å². The van der Waals surface area contributed by atoms with E-state index in [1.165, 1.54) is 12.1 Å². The Kier molecular flexibility index (Phi) is 6.36. The van der Waals surface area contributed by atoms with Crippen LogP contribution >= 0.6 is 0 Å². The topological polar surface area (TPSA) is 107 Å². The van der Waals surface area contributed by atoms with Gasteiger partial charge in [-0.25, -0.2) is 13.8 Å². The number of aromatic nitrogens is 5. The number of rotatable bonds is 9. The van der Waals surface area contributed by atoms with E-state index in [2.05, 4.69) is 40.9 Å². The molecule has 0 aliphatic carbocycles. The monoisotopic (exact) mass is 439 g/mol. The molecule has 0 spiro atoms. The fourth-order valence-corrected chi connectivity index (χ4v) is 3.03. The number of H-pyrrole nitrogens is 1. The first-order chi connectivity index (χ1) is 15.5. The van der Waals surface area contributed by atoms with Gasteiger partial charge in [0.05, 0.1) is 17.4 Å². The molecule has 4 rings (SSSR count). The summed E-state index contributed by atoms with van der Waals surface area (Å²) in [5.74, 6) is -0.223. The number of fused-ring (bicyclic) bond motifs is 1. The molecule has 0 atom stereocenters. The van der Waals surface area contributed by atoms with E-state index in [0.29, 0.717) is 24.0 Å². The third-order valence-electron chi connectivity index (χ3n) is 4.79. The molecule has 0 saturated carbocycles. The fraction of sp³-hybridized carbons (Fsp3) is 0.238. The summed E-state index contributed by atoms with van der Waals surface area (Å²) in [4.78, 5) is 22.5. The van der Waals surface area contributed by atoms with Crippen molar-refractivity contribution in [1.29, 1.82) is 0 Å². The molecule has 0 aliphatic rings. The second kappa shape index (κ2) is 9.52. The van der Waals surface area contributed by atoms with Gasteiger partial charge in [-0.2, -0.15) is 15.0 Å². The maximum Gasteiger partial charge on any atom is 0.233 e. The maximum atomic E-state index is 14.0. The lowest BCUT2D eigenvalue weighted by Crippen LogP contribution is -2.29. The number of likely N-dealkylation sites (N-methyl/N-ethyl adjacent to an activating group) is 2. The van der Waals surface area contributed by atoms with Crippen LogP contribution in [0.25, 0.3) is 11.0 Å². The Balaban J connectivity index is 1.59. The number of nitrogens with one attached hydrogen (secondary N) is 4. The van der Waals surface area contributed by atoms with Gasteiger partial charge >= 0.3 is 0 Å². The predicted molar refractivity (Wildman–Crippen MR) is 120 cm³/mol. The minimum absolute atomic E-state index is 0.0926. The first kappa shape index (κ1) is 21.4. The fourth-order valence-electron chi connectivity index (χ4n) is 3.03. The van der Waals surface area contributed by atoms with Gasteiger partial charge in [0.1, 0.15) is 11.6 Å². The molecule has 9 nitrogen and oxygen atoms in total. The number of nitrogens with zero attached hydrogens (tertiary/aromatic N) is 5. The Morgan fingerprint density at radius 2 is 1.88 bits per heavy atom. The van der Waals surface area contributed by atoms with E-state index < -0.39 is 11.6 Å². The van der Waals surface area contributed by atoms with Crippen molar-refractivity contribution in [2.75, 3.05) is 42.7 Å². The van der Waals surface area contributed by atoms with E-state index in [1.54, 1.807) is 6.33 Å². The van der Waals surface area contributed by atoms with Crippen molar-refractivity contribution in [3.63, 3.8) is 0 Å². The Morgan fingerprint density at radius 1 is 1.03 bits per heavy atom. The van der Waals surface area contributed by atoms with Crippen molar-refractivity contribution in [3.8, 4) is 0 Å². The number of imidazole rings is 1. The van der Waals surface area contributed by atoms with Crippen molar-refractivity contribution < 1.29 is 8.78 Å². The zero-order valence-corrected chi connectivity index (χ0v) is 17.7. The first-order valence-corrected chi connectivity index (χ1v) is 10.0. The summed E-state index contributed by atoms with van der Waals surface area (Å²) in [6, 6.07) is 9.10. The number of aromatic amines is 1. The highest BCUT2D eigenvalue weighted by atomic mass is 19.1. The normalized spacial score (nSPS) is 11.0. The van der Waals surface area contributed by atoms with Crippen LogP contribution < -0.4 is 20.9 Å². The number of anilines is 4. The van der Waals surface area contributed by atoms with Crippen LogP contribution in [0.2, 0.25) is 0 Å². The Hall–Kier alpha value is -3.86. The minimum Gasteiger partial charge on any atom is -0.350 e. The van der Waals surface area contributed by atoms with Crippen LogP contribution in [-0.2, 0) is 6.54 Å². The number of benzene rings is 2. The van der Waals surface area contributed by atoms with Crippen molar-refractivity contribution >= 4 is 34.6 Å². The smallest absolute Gasteiger partial charge is 0.233 e. The standard InChI is InChI=1S/C21H23F2N9/c1-24-7-8-32(2)21-30-19(25-11-13-3-4-14(22)9-16(13)23)29-20(31-21)28-15-5-6-17-18(10-15)27-12-26-17/h3-6,9-10,12,24H,7-8,11H2,1-2H3,(H,26,27)(H2,25,28,29,30,31). The first-order valence-electron chi connectivity index (χ1n) is 10.0. The molecule has 2 aromatic heterocycles. The highest BCUT2D eigenvalue weighted by Crippen LogP contribution is 2.21. The maximum absolute atomic E-state index is 14.0. The molecule has 0 unspecified atom stereocenters. The lowest BCUT2D eigenvalue weighted by Gasteiger charge is -2.18. The van der Waals surface area contributed by atoms with Crippen LogP contribution in [0.5, 0.6) is 0 Å². The zero-order chi connectivity index (χ0) is 22.5. The number of hydrogen-bond acceptors (Lipinski definition) is 8. The largest absolute Gasteiger partial charge is 0.350 e. The predicted octanol–water partition coefficient (Wildman–Crippen LogP) is 3.04. The van der Waals surface area contributed by atoms with Gasteiger partial charge in [-0.3, -0.25) is 0 Å². The molecule has 4 aromatic rings. The lowest BCUT2D eigenvalue weighted by molar-refractivity contribution is 0.574. The molecule has 0 aliphatic heterocycles. The summed E-state index contributed by atoms with van der Waals surface area (Å²) in [6.07, 6.45) is 1.63. The van der Waals surface area contributed by atoms with Crippen LogP contribution in [0.1, 0.15) is 5.56 Å². The summed E-state index contributed by atoms with van der Waals surface area (Å²) >= 11 is 0. The summed E-state index contributed by atoms with van der Waals surface area (Å²) in [6.45, 7) is 1.51. The quantitative estimate of drug-likeness (QED) is 0.315. The Labute approximate surface area is 183 Å². The van der Waals surface area contributed by atoms with Gasteiger partial charge in [0.15, 0.2) is 0 Å². The van der Waals surface area contributed by atoms with E-state index >= 15 is 0 Å². The molecule has 0 amide bonds. The van der Waals surface area contributed by atoms with Gasteiger partial charge in [0, 0.05) is 44.0 Å². The Bertz CT molecular complexity index is 1210. The summed E-state index contributed by atoms with van der Waals surface area (Å²) < 4.78 is 27.2. The SMILES string of the molecule is CNCCN(C)c1nc(NCc2ccc(F)cc2F)nc(Nc2ccc3nc[nH]c3c2)n1. The van der Waals surface area contributed by atoms with Crippen LogP contribution in [0.4, 0.5) is 32.3 Å². The molecule has 11 heteroatoms. The molecule has 4 N–H and O–H groups in total. The minimum atomic E-state index is -0.635. The molecular formula is C21H23F2N9. The highest BCUT2D eigenvalue weighted by Gasteiger charge is 2.12. The molecular weight excluding hydrogens is 416 g/mol. The van der Waals surface area contributed by atoms with Crippen LogP contribution in [-0.4, -0.2) is 52.1 Å². The zero-order valence-electron chi connectivity index (χ0n) is 17.7. The van der Waals surface area contributed by atoms with E-state index in [0.717, 1.165) is 29.3 Å². The molecule has 2 aromatic carbocycles. The Morgan fingerprint density at radius 3 is 2.69 bits per heavy atom. The van der Waals surface area contributed by atoms with Crippen LogP contribution in [0.15, 0.2) is 42.7 Å². The van der Waals surface area contributed by atoms with Crippen LogP contribution in [0.3, 0.4) is 0 Å².